The molecule has 1 N–H and O–H groups in total. The number of hydrogen-bond acceptors (Lipinski definition) is 7. The number of aldehydes is 1. The van der Waals surface area contributed by atoms with Gasteiger partial charge in [0.1, 0.15) is 23.5 Å². The molecule has 6 rings (SSSR count). The molecule has 0 bridgehead atoms. The summed E-state index contributed by atoms with van der Waals surface area (Å²) in [6.45, 7) is 3.29. The fraction of sp³-hybridized carbons (Fsp3) is 0.323. The van der Waals surface area contributed by atoms with Gasteiger partial charge in [0.25, 0.3) is 5.97 Å². The SMILES string of the molecule is CC(=O)O.O=C1CCOc2ccccc21.O=Cc1ccc2c(c1)CCCO2.O=P(Cl)(Cl)Cl.[2H]CF.[Zn].c1ccc2c(c1)CCCO2. The molecule has 3 aliphatic heterocycles. The smallest absolute Gasteiger partial charge is 0.339 e. The topological polar surface area (TPSA) is 116 Å². The average molecular weight is 758 g/mol. The second-order valence-corrected chi connectivity index (χ2v) is 15.6. The van der Waals surface area contributed by atoms with Gasteiger partial charge in [0.05, 0.1) is 33.9 Å². The molecule has 3 aliphatic rings. The number of carboxylic acid groups (broad SMARTS) is 1. The average Bonchev–Trinajstić information content (AvgIpc) is 3.01. The van der Waals surface area contributed by atoms with Gasteiger partial charge in [0, 0.05) is 38.4 Å². The van der Waals surface area contributed by atoms with E-state index in [4.69, 9.17) is 25.5 Å². The Morgan fingerprint density at radius 1 is 0.867 bits per heavy atom. The minimum atomic E-state index is -3.22. The van der Waals surface area contributed by atoms with Crippen molar-refractivity contribution >= 4 is 57.0 Å². The molecule has 45 heavy (non-hydrogen) atoms. The summed E-state index contributed by atoms with van der Waals surface area (Å²) in [4.78, 5) is 30.7. The van der Waals surface area contributed by atoms with Gasteiger partial charge < -0.3 is 19.3 Å². The molecule has 0 fully saturated rings. The van der Waals surface area contributed by atoms with Crippen molar-refractivity contribution in [1.29, 1.82) is 0 Å². The molecular weight excluding hydrogens is 722 g/mol. The molecule has 0 amide bonds. The fourth-order valence-electron chi connectivity index (χ4n) is 3.96. The standard InChI is InChI=1S/C10H10O2.C9H8O2.C9H10O.C2H4O2.CH3F.Cl3OP.Zn/c11-7-8-3-4-10-9(6-8)2-1-5-12-10;10-8-5-6-11-9-4-2-1-3-7(8)9;1-2-6-9-8(4-1)5-3-7-10-9;1-2(3)4;1-2;1-5(2,3)4;/h3-4,6-7H,1-2,5H2;1-4H,5-6H2;1-2,4,6H,3,5,7H2;1H3,(H,3,4);1H3;;/i;;;;1D;;. The van der Waals surface area contributed by atoms with E-state index in [0.717, 1.165) is 79.6 Å². The quantitative estimate of drug-likeness (QED) is 0.149. The zero-order chi connectivity index (χ0) is 33.7. The van der Waals surface area contributed by atoms with Crippen molar-refractivity contribution in [2.24, 2.45) is 0 Å². The summed E-state index contributed by atoms with van der Waals surface area (Å²) in [5.41, 5.74) is 3.97. The second kappa shape index (κ2) is 23.8. The summed E-state index contributed by atoms with van der Waals surface area (Å²) in [5.74, 6) is 2.09. The van der Waals surface area contributed by atoms with Crippen molar-refractivity contribution in [2.75, 3.05) is 27.0 Å². The zero-order valence-corrected chi connectivity index (χ0v) is 30.9. The fourth-order valence-corrected chi connectivity index (χ4v) is 3.96. The molecular formula is C31H35Cl3FO8PZn. The molecule has 0 saturated heterocycles. The van der Waals surface area contributed by atoms with E-state index in [1.54, 1.807) is 12.1 Å². The number of benzene rings is 3. The summed E-state index contributed by atoms with van der Waals surface area (Å²) in [5, 5.41) is 4.19. The van der Waals surface area contributed by atoms with Crippen LogP contribution in [0.15, 0.2) is 66.7 Å². The Morgan fingerprint density at radius 3 is 1.87 bits per heavy atom. The molecule has 3 aromatic carbocycles. The van der Waals surface area contributed by atoms with Crippen LogP contribution in [0, 0.1) is 0 Å². The molecule has 0 aliphatic carbocycles. The minimum Gasteiger partial charge on any atom is -0.493 e. The largest absolute Gasteiger partial charge is 0.493 e. The Hall–Kier alpha value is -2.48. The van der Waals surface area contributed by atoms with E-state index in [0.29, 0.717) is 13.0 Å². The first-order valence-corrected chi connectivity index (χ1v) is 17.7. The minimum absolute atomic E-state index is 0. The third kappa shape index (κ3) is 18.9. The molecule has 0 aromatic heterocycles. The third-order valence-corrected chi connectivity index (χ3v) is 5.66. The molecule has 14 heteroatoms. The van der Waals surface area contributed by atoms with Gasteiger partial charge in [0.15, 0.2) is 5.78 Å². The first kappa shape index (κ1) is 40.5. The van der Waals surface area contributed by atoms with E-state index in [2.05, 4.69) is 45.9 Å². The Kier molecular flexibility index (Phi) is 21.4. The summed E-state index contributed by atoms with van der Waals surface area (Å²) < 4.78 is 41.1. The Labute approximate surface area is 291 Å². The molecule has 8 nitrogen and oxygen atoms in total. The second-order valence-electron chi connectivity index (χ2n) is 8.93. The number of carbonyl (C=O) groups excluding carboxylic acids is 2. The number of ketones is 1. The van der Waals surface area contributed by atoms with Crippen molar-refractivity contribution < 1.29 is 63.5 Å². The van der Waals surface area contributed by atoms with Gasteiger partial charge in [-0.25, -0.2) is 0 Å². The summed E-state index contributed by atoms with van der Waals surface area (Å²) in [6, 6.07) is 21.2. The van der Waals surface area contributed by atoms with E-state index < -0.39 is 18.3 Å². The van der Waals surface area contributed by atoms with E-state index in [1.165, 1.54) is 12.0 Å². The van der Waals surface area contributed by atoms with E-state index in [-0.39, 0.29) is 25.3 Å². The molecule has 3 aromatic rings. The number of alkyl halides is 1. The predicted octanol–water partition coefficient (Wildman–Crippen LogP) is 8.97. The van der Waals surface area contributed by atoms with Crippen molar-refractivity contribution in [3.63, 3.8) is 0 Å². The number of halogens is 4. The van der Waals surface area contributed by atoms with E-state index >= 15 is 0 Å². The molecule has 0 saturated carbocycles. The van der Waals surface area contributed by atoms with Crippen LogP contribution >= 0.6 is 38.9 Å². The Bertz CT molecular complexity index is 1380. The van der Waals surface area contributed by atoms with Crippen LogP contribution in [0.3, 0.4) is 0 Å². The van der Waals surface area contributed by atoms with Crippen LogP contribution in [-0.2, 0) is 41.7 Å². The number of carboxylic acids is 1. The maximum absolute atomic E-state index is 11.2. The third-order valence-electron chi connectivity index (χ3n) is 5.66. The number of rotatable bonds is 1. The van der Waals surface area contributed by atoms with Crippen LogP contribution in [0.2, 0.25) is 0 Å². The number of aryl methyl sites for hydroxylation is 2. The van der Waals surface area contributed by atoms with Gasteiger partial charge in [-0.2, -0.15) is 0 Å². The molecule has 0 unspecified atom stereocenters. The number of hydrogen-bond donors (Lipinski definition) is 1. The maximum atomic E-state index is 11.2. The van der Waals surface area contributed by atoms with Crippen LogP contribution in [0.25, 0.3) is 0 Å². The summed E-state index contributed by atoms with van der Waals surface area (Å²) >= 11 is 13.8. The first-order valence-electron chi connectivity index (χ1n) is 14.0. The molecule has 242 valence electrons. The van der Waals surface area contributed by atoms with Gasteiger partial charge in [-0.3, -0.25) is 23.3 Å². The van der Waals surface area contributed by atoms with Gasteiger partial charge in [-0.15, -0.1) is 0 Å². The molecule has 0 radical (unpaired) electrons. The summed E-state index contributed by atoms with van der Waals surface area (Å²) in [7, 11) is -1.00. The molecule has 0 spiro atoms. The number of ether oxygens (including phenoxy) is 3. The van der Waals surface area contributed by atoms with Crippen molar-refractivity contribution in [1.82, 2.24) is 0 Å². The van der Waals surface area contributed by atoms with Crippen molar-refractivity contribution in [3.8, 4) is 17.2 Å². The van der Waals surface area contributed by atoms with Crippen LogP contribution < -0.4 is 14.2 Å². The monoisotopic (exact) mass is 755 g/mol. The van der Waals surface area contributed by atoms with Crippen molar-refractivity contribution in [3.05, 3.63) is 89.0 Å². The van der Waals surface area contributed by atoms with Gasteiger partial charge in [-0.1, -0.05) is 30.3 Å². The number of para-hydroxylation sites is 2. The predicted molar refractivity (Wildman–Crippen MR) is 172 cm³/mol. The Morgan fingerprint density at radius 2 is 1.33 bits per heavy atom. The summed E-state index contributed by atoms with van der Waals surface area (Å²) in [6.07, 6.45) is 5.80. The Balaban J connectivity index is 0.000000561. The van der Waals surface area contributed by atoms with Crippen LogP contribution in [0.5, 0.6) is 17.2 Å². The number of fused-ring (bicyclic) bond motifs is 3. The van der Waals surface area contributed by atoms with Gasteiger partial charge in [0.2, 0.25) is 0 Å². The van der Waals surface area contributed by atoms with Gasteiger partial charge in [-0.05, 0) is 107 Å². The first-order chi connectivity index (χ1) is 21.4. The van der Waals surface area contributed by atoms with Crippen molar-refractivity contribution in [2.45, 2.75) is 39.0 Å². The van der Waals surface area contributed by atoms with Gasteiger partial charge >= 0.3 is 5.20 Å². The van der Waals surface area contributed by atoms with E-state index in [1.807, 2.05) is 42.5 Å². The number of carbonyl (C=O) groups is 3. The van der Waals surface area contributed by atoms with Crippen LogP contribution in [-0.4, -0.2) is 50.1 Å². The molecule has 3 heterocycles. The maximum Gasteiger partial charge on any atom is 0.339 e. The van der Waals surface area contributed by atoms with Crippen LogP contribution in [0.1, 0.15) is 59.4 Å². The van der Waals surface area contributed by atoms with E-state index in [9.17, 15) is 18.5 Å². The molecule has 0 atom stereocenters. The zero-order valence-electron chi connectivity index (χ0n) is 25.8. The number of Topliss-reactive ketones (excluding diaryl/α,β-unsaturated/α-hetero) is 1. The number of aliphatic carboxylic acids is 1. The normalized spacial score (nSPS) is 13.4. The van der Waals surface area contributed by atoms with Crippen LogP contribution in [0.4, 0.5) is 4.39 Å².